The molecule has 1 aliphatic heterocycles. The molecule has 2 rings (SSSR count). The van der Waals surface area contributed by atoms with E-state index in [-0.39, 0.29) is 16.3 Å². The maximum atomic E-state index is 13.0. The average molecular weight is 271 g/mol. The summed E-state index contributed by atoms with van der Waals surface area (Å²) in [5, 5.41) is 6.12. The lowest BCUT2D eigenvalue weighted by molar-refractivity contribution is -0.129. The lowest BCUT2D eigenvalue weighted by atomic mass is 9.89. The van der Waals surface area contributed by atoms with Crippen molar-refractivity contribution < 1.29 is 9.18 Å². The topological polar surface area (TPSA) is 41.1 Å². The number of hydrogen-bond donors (Lipinski definition) is 2. The molecule has 0 spiro atoms. The van der Waals surface area contributed by atoms with E-state index in [2.05, 4.69) is 10.6 Å². The number of carbonyl (C=O) groups excluding carboxylic acids is 1. The zero-order valence-corrected chi connectivity index (χ0v) is 11.0. The maximum Gasteiger partial charge on any atom is 0.227 e. The van der Waals surface area contributed by atoms with Crippen molar-refractivity contribution in [1.82, 2.24) is 10.6 Å². The highest BCUT2D eigenvalue weighted by Gasteiger charge is 2.35. The molecule has 98 valence electrons. The second-order valence-electron chi connectivity index (χ2n) is 4.92. The third-order valence-electron chi connectivity index (χ3n) is 3.35. The Morgan fingerprint density at radius 1 is 1.61 bits per heavy atom. The fourth-order valence-electron chi connectivity index (χ4n) is 2.06. The molecule has 1 aliphatic rings. The van der Waals surface area contributed by atoms with Gasteiger partial charge in [0.25, 0.3) is 0 Å². The monoisotopic (exact) mass is 270 g/mol. The van der Waals surface area contributed by atoms with Crippen LogP contribution in [0, 0.1) is 11.2 Å². The highest BCUT2D eigenvalue weighted by molar-refractivity contribution is 6.30. The minimum Gasteiger partial charge on any atom is -0.352 e. The smallest absolute Gasteiger partial charge is 0.227 e. The molecule has 1 atom stereocenters. The Bertz CT molecular complexity index is 458. The Balaban J connectivity index is 1.95. The van der Waals surface area contributed by atoms with Crippen molar-refractivity contribution in [2.24, 2.45) is 5.41 Å². The maximum absolute atomic E-state index is 13.0. The van der Waals surface area contributed by atoms with Gasteiger partial charge in [-0.25, -0.2) is 4.39 Å². The van der Waals surface area contributed by atoms with Gasteiger partial charge in [0.1, 0.15) is 5.82 Å². The minimum absolute atomic E-state index is 0.0212. The molecule has 1 fully saturated rings. The second-order valence-corrected chi connectivity index (χ2v) is 5.33. The lowest BCUT2D eigenvalue weighted by Crippen LogP contribution is -2.40. The Kier molecular flexibility index (Phi) is 3.88. The zero-order valence-electron chi connectivity index (χ0n) is 10.2. The highest BCUT2D eigenvalue weighted by atomic mass is 35.5. The van der Waals surface area contributed by atoms with Gasteiger partial charge in [-0.2, -0.15) is 0 Å². The Morgan fingerprint density at radius 2 is 2.39 bits per heavy atom. The van der Waals surface area contributed by atoms with E-state index in [9.17, 15) is 9.18 Å². The summed E-state index contributed by atoms with van der Waals surface area (Å²) in [7, 11) is 0. The number of benzene rings is 1. The van der Waals surface area contributed by atoms with E-state index in [0.717, 1.165) is 18.5 Å². The lowest BCUT2D eigenvalue weighted by Gasteiger charge is -2.21. The number of hydrogen-bond acceptors (Lipinski definition) is 2. The van der Waals surface area contributed by atoms with E-state index in [1.54, 1.807) is 6.07 Å². The first kappa shape index (κ1) is 13.3. The summed E-state index contributed by atoms with van der Waals surface area (Å²) in [4.78, 5) is 12.0. The first-order valence-electron chi connectivity index (χ1n) is 5.94. The number of rotatable bonds is 3. The molecule has 0 radical (unpaired) electrons. The zero-order chi connectivity index (χ0) is 13.2. The molecular formula is C13H16ClFN2O. The van der Waals surface area contributed by atoms with Gasteiger partial charge in [-0.3, -0.25) is 4.79 Å². The van der Waals surface area contributed by atoms with Crippen molar-refractivity contribution >= 4 is 17.5 Å². The first-order chi connectivity index (χ1) is 8.51. The number of amides is 1. The quantitative estimate of drug-likeness (QED) is 0.883. The van der Waals surface area contributed by atoms with Crippen molar-refractivity contribution in [2.75, 3.05) is 13.1 Å². The van der Waals surface area contributed by atoms with E-state index >= 15 is 0 Å². The number of nitrogens with one attached hydrogen (secondary N) is 2. The van der Waals surface area contributed by atoms with Gasteiger partial charge in [-0.05, 0) is 37.6 Å². The highest BCUT2D eigenvalue weighted by Crippen LogP contribution is 2.24. The summed E-state index contributed by atoms with van der Waals surface area (Å²) >= 11 is 5.69. The molecule has 0 bridgehead atoms. The van der Waals surface area contributed by atoms with E-state index in [1.807, 2.05) is 6.92 Å². The van der Waals surface area contributed by atoms with E-state index in [0.29, 0.717) is 13.1 Å². The van der Waals surface area contributed by atoms with E-state index in [4.69, 9.17) is 11.6 Å². The second kappa shape index (κ2) is 5.24. The summed E-state index contributed by atoms with van der Waals surface area (Å²) in [5.74, 6) is -0.424. The van der Waals surface area contributed by atoms with Crippen LogP contribution in [-0.4, -0.2) is 19.0 Å². The predicted molar refractivity (Wildman–Crippen MR) is 68.9 cm³/mol. The van der Waals surface area contributed by atoms with Crippen LogP contribution in [0.3, 0.4) is 0 Å². The molecular weight excluding hydrogens is 255 g/mol. The van der Waals surface area contributed by atoms with Gasteiger partial charge in [0.15, 0.2) is 0 Å². The molecule has 3 nitrogen and oxygen atoms in total. The summed E-state index contributed by atoms with van der Waals surface area (Å²) in [6.45, 7) is 3.88. The van der Waals surface area contributed by atoms with Gasteiger partial charge in [0.2, 0.25) is 5.91 Å². The van der Waals surface area contributed by atoms with Crippen LogP contribution in [0.4, 0.5) is 4.39 Å². The van der Waals surface area contributed by atoms with Crippen molar-refractivity contribution in [3.63, 3.8) is 0 Å². The van der Waals surface area contributed by atoms with Crippen LogP contribution >= 0.6 is 11.6 Å². The summed E-state index contributed by atoms with van der Waals surface area (Å²) in [6.07, 6.45) is 0.836. The van der Waals surface area contributed by atoms with Crippen LogP contribution in [0.1, 0.15) is 18.9 Å². The summed E-state index contributed by atoms with van der Waals surface area (Å²) < 4.78 is 13.0. The van der Waals surface area contributed by atoms with Gasteiger partial charge in [-0.15, -0.1) is 0 Å². The van der Waals surface area contributed by atoms with E-state index < -0.39 is 5.82 Å². The average Bonchev–Trinajstić information content (AvgIpc) is 2.79. The molecule has 5 heteroatoms. The Hall–Kier alpha value is -1.13. The third-order valence-corrected chi connectivity index (χ3v) is 3.64. The summed E-state index contributed by atoms with van der Waals surface area (Å²) in [6, 6.07) is 4.46. The normalized spacial score (nSPS) is 23.1. The molecule has 1 amide bonds. The van der Waals surface area contributed by atoms with Gasteiger partial charge in [0.05, 0.1) is 10.4 Å². The summed E-state index contributed by atoms with van der Waals surface area (Å²) in [5.41, 5.74) is 0.452. The van der Waals surface area contributed by atoms with Crippen LogP contribution in [0.5, 0.6) is 0 Å². The molecule has 1 heterocycles. The number of carbonyl (C=O) groups is 1. The molecule has 18 heavy (non-hydrogen) atoms. The SMILES string of the molecule is CC1(C(=O)NCc2ccc(F)c(Cl)c2)CCNC1. The fraction of sp³-hybridized carbons (Fsp3) is 0.462. The van der Waals surface area contributed by atoms with Crippen molar-refractivity contribution in [1.29, 1.82) is 0 Å². The van der Waals surface area contributed by atoms with Crippen molar-refractivity contribution in [3.8, 4) is 0 Å². The van der Waals surface area contributed by atoms with Gasteiger partial charge < -0.3 is 10.6 Å². The standard InChI is InChI=1S/C13H16ClFN2O/c1-13(4-5-16-8-13)12(18)17-7-9-2-3-11(15)10(14)6-9/h2-3,6,16H,4-5,7-8H2,1H3,(H,17,18). The predicted octanol–water partition coefficient (Wildman–Crippen LogP) is 2.09. The molecule has 2 N–H and O–H groups in total. The van der Waals surface area contributed by atoms with Crippen molar-refractivity contribution in [2.45, 2.75) is 19.9 Å². The molecule has 0 aliphatic carbocycles. The van der Waals surface area contributed by atoms with Crippen LogP contribution in [0.2, 0.25) is 5.02 Å². The van der Waals surface area contributed by atoms with Crippen molar-refractivity contribution in [3.05, 3.63) is 34.6 Å². The fourth-order valence-corrected chi connectivity index (χ4v) is 2.26. The minimum atomic E-state index is -0.446. The molecule has 0 aromatic heterocycles. The van der Waals surface area contributed by atoms with Crippen LogP contribution in [0.25, 0.3) is 0 Å². The van der Waals surface area contributed by atoms with Crippen LogP contribution < -0.4 is 10.6 Å². The third kappa shape index (κ3) is 2.82. The Labute approximate surface area is 111 Å². The van der Waals surface area contributed by atoms with Crippen LogP contribution in [0.15, 0.2) is 18.2 Å². The van der Waals surface area contributed by atoms with Crippen LogP contribution in [-0.2, 0) is 11.3 Å². The number of halogens is 2. The molecule has 1 saturated heterocycles. The Morgan fingerprint density at radius 3 is 3.00 bits per heavy atom. The van der Waals surface area contributed by atoms with Gasteiger partial charge >= 0.3 is 0 Å². The molecule has 1 aromatic rings. The largest absolute Gasteiger partial charge is 0.352 e. The van der Waals surface area contributed by atoms with E-state index in [1.165, 1.54) is 12.1 Å². The first-order valence-corrected chi connectivity index (χ1v) is 6.32. The van der Waals surface area contributed by atoms with Gasteiger partial charge in [0, 0.05) is 13.1 Å². The van der Waals surface area contributed by atoms with Gasteiger partial charge in [-0.1, -0.05) is 17.7 Å². The molecule has 1 unspecified atom stereocenters. The molecule has 0 saturated carbocycles. The molecule has 1 aromatic carbocycles.